The van der Waals surface area contributed by atoms with Crippen LogP contribution in [0.15, 0.2) is 61.3 Å². The van der Waals surface area contributed by atoms with Crippen molar-refractivity contribution < 1.29 is 0 Å². The summed E-state index contributed by atoms with van der Waals surface area (Å²) >= 11 is 0. The molecule has 2 aliphatic rings. The van der Waals surface area contributed by atoms with E-state index in [1.807, 2.05) is 34.0 Å². The molecule has 7 nitrogen and oxygen atoms in total. The van der Waals surface area contributed by atoms with Gasteiger partial charge in [0.05, 0.1) is 53.6 Å². The molecule has 0 spiro atoms. The third kappa shape index (κ3) is 3.56. The number of fused-ring (bicyclic) bond motifs is 1. The summed E-state index contributed by atoms with van der Waals surface area (Å²) in [7, 11) is 0. The maximum atomic E-state index is 9.34. The second-order valence-electron chi connectivity index (χ2n) is 9.35. The molecule has 0 bridgehead atoms. The monoisotopic (exact) mass is 445 g/mol. The molecule has 0 aliphatic heterocycles. The summed E-state index contributed by atoms with van der Waals surface area (Å²) in [5.74, 6) is 0.0967. The van der Waals surface area contributed by atoms with Crippen LogP contribution in [0.5, 0.6) is 0 Å². The maximum Gasteiger partial charge on any atom is 0.0999 e. The van der Waals surface area contributed by atoms with Crippen molar-refractivity contribution in [3.8, 4) is 34.4 Å². The second kappa shape index (κ2) is 7.97. The topological polar surface area (TPSA) is 95.6 Å². The first-order chi connectivity index (χ1) is 16.7. The Kier molecular flexibility index (Phi) is 4.78. The summed E-state index contributed by atoms with van der Waals surface area (Å²) in [4.78, 5) is 4.70. The molecule has 6 rings (SSSR count). The van der Waals surface area contributed by atoms with Gasteiger partial charge in [-0.1, -0.05) is 30.3 Å². The minimum atomic E-state index is -0.217. The number of hydrogen-bond donors (Lipinski definition) is 0. The quantitative estimate of drug-likeness (QED) is 0.417. The highest BCUT2D eigenvalue weighted by molar-refractivity contribution is 5.89. The molecule has 4 aromatic rings. The zero-order chi connectivity index (χ0) is 23.1. The van der Waals surface area contributed by atoms with Crippen molar-refractivity contribution in [2.24, 2.45) is 11.3 Å². The molecule has 1 atom stereocenters. The lowest BCUT2D eigenvalue weighted by atomic mass is 9.88. The number of rotatable bonds is 5. The Labute approximate surface area is 197 Å². The molecule has 1 unspecified atom stereocenters. The van der Waals surface area contributed by atoms with Crippen molar-refractivity contribution in [3.05, 3.63) is 67.0 Å². The van der Waals surface area contributed by atoms with Crippen LogP contribution >= 0.6 is 0 Å². The summed E-state index contributed by atoms with van der Waals surface area (Å²) in [6, 6.07) is 13.2. The highest BCUT2D eigenvalue weighted by atomic mass is 15.3. The minimum Gasteiger partial charge on any atom is -0.271 e. The lowest BCUT2D eigenvalue weighted by Gasteiger charge is -2.17. The smallest absolute Gasteiger partial charge is 0.0999 e. The Morgan fingerprint density at radius 3 is 2.56 bits per heavy atom. The zero-order valence-corrected chi connectivity index (χ0v) is 18.7. The fourth-order valence-corrected chi connectivity index (χ4v) is 4.76. The molecule has 1 aromatic carbocycles. The van der Waals surface area contributed by atoms with Crippen molar-refractivity contribution >= 4 is 11.1 Å². The number of allylic oxidation sites excluding steroid dienone is 2. The summed E-state index contributed by atoms with van der Waals surface area (Å²) in [5, 5.41) is 27.6. The van der Waals surface area contributed by atoms with E-state index in [4.69, 9.17) is 4.98 Å². The van der Waals surface area contributed by atoms with Gasteiger partial charge in [0.1, 0.15) is 0 Å². The summed E-state index contributed by atoms with van der Waals surface area (Å²) in [6.45, 7) is 0.657. The van der Waals surface area contributed by atoms with Gasteiger partial charge in [-0.05, 0) is 48.8 Å². The first kappa shape index (κ1) is 20.4. The number of aromatic nitrogens is 5. The fraction of sp³-hybridized carbons (Fsp3) is 0.296. The summed E-state index contributed by atoms with van der Waals surface area (Å²) < 4.78 is 3.77. The Morgan fingerprint density at radius 2 is 1.85 bits per heavy atom. The van der Waals surface area contributed by atoms with Crippen LogP contribution in [0.2, 0.25) is 0 Å². The average Bonchev–Trinajstić information content (AvgIpc) is 3.29. The molecule has 0 saturated heterocycles. The summed E-state index contributed by atoms with van der Waals surface area (Å²) in [5.41, 5.74) is 7.16. The van der Waals surface area contributed by atoms with Gasteiger partial charge in [-0.3, -0.25) is 9.67 Å². The third-order valence-corrected chi connectivity index (χ3v) is 7.05. The van der Waals surface area contributed by atoms with Gasteiger partial charge in [-0.2, -0.15) is 20.7 Å². The van der Waals surface area contributed by atoms with Gasteiger partial charge in [-0.15, -0.1) is 0 Å². The molecule has 1 fully saturated rings. The Morgan fingerprint density at radius 1 is 1.03 bits per heavy atom. The van der Waals surface area contributed by atoms with Crippen LogP contribution in [0.1, 0.15) is 37.8 Å². The van der Waals surface area contributed by atoms with E-state index in [0.29, 0.717) is 6.54 Å². The van der Waals surface area contributed by atoms with E-state index in [1.165, 1.54) is 5.57 Å². The number of nitrogens with zero attached hydrogens (tertiary/aromatic N) is 7. The zero-order valence-electron chi connectivity index (χ0n) is 18.7. The maximum absolute atomic E-state index is 9.34. The van der Waals surface area contributed by atoms with Crippen molar-refractivity contribution in [2.75, 3.05) is 0 Å². The molecule has 2 aliphatic carbocycles. The highest BCUT2D eigenvalue weighted by Gasteiger charge is 2.43. The van der Waals surface area contributed by atoms with Crippen molar-refractivity contribution in [3.63, 3.8) is 0 Å². The largest absolute Gasteiger partial charge is 0.271 e. The van der Waals surface area contributed by atoms with Gasteiger partial charge in [0.2, 0.25) is 0 Å². The van der Waals surface area contributed by atoms with Crippen molar-refractivity contribution in [1.29, 1.82) is 10.5 Å². The Balaban J connectivity index is 1.30. The van der Waals surface area contributed by atoms with E-state index < -0.39 is 0 Å². The lowest BCUT2D eigenvalue weighted by molar-refractivity contribution is 0.486. The molecule has 7 heteroatoms. The van der Waals surface area contributed by atoms with Gasteiger partial charge in [0, 0.05) is 29.7 Å². The molecular weight excluding hydrogens is 422 g/mol. The second-order valence-corrected chi connectivity index (χ2v) is 9.35. The Hall–Kier alpha value is -4.23. The van der Waals surface area contributed by atoms with E-state index >= 15 is 0 Å². The standard InChI is InChI=1S/C27H23N7/c28-13-19-1-3-22(4-2-19)25-26-24(15-32-34(26)12-11-30-25)21-7-5-20(6-8-21)23-14-31-33(16-23)18-27(17-29)9-10-27/h3,5-8,11-12,14-16,19H,1-2,4,9-10,18H2. The number of benzene rings is 1. The van der Waals surface area contributed by atoms with Gasteiger partial charge < -0.3 is 0 Å². The van der Waals surface area contributed by atoms with Crippen molar-refractivity contribution in [2.45, 2.75) is 38.6 Å². The third-order valence-electron chi connectivity index (χ3n) is 7.05. The van der Waals surface area contributed by atoms with Crippen LogP contribution in [-0.2, 0) is 6.54 Å². The van der Waals surface area contributed by atoms with E-state index in [2.05, 4.69) is 52.7 Å². The van der Waals surface area contributed by atoms with Gasteiger partial charge in [-0.25, -0.2) is 4.52 Å². The number of nitriles is 2. The molecule has 0 N–H and O–H groups in total. The lowest BCUT2D eigenvalue weighted by Crippen LogP contribution is -2.09. The summed E-state index contributed by atoms with van der Waals surface area (Å²) in [6.07, 6.45) is 16.0. The predicted octanol–water partition coefficient (Wildman–Crippen LogP) is 5.27. The molecule has 3 heterocycles. The van der Waals surface area contributed by atoms with Gasteiger partial charge >= 0.3 is 0 Å². The van der Waals surface area contributed by atoms with Crippen LogP contribution in [0.25, 0.3) is 33.3 Å². The normalized spacial score (nSPS) is 18.8. The van der Waals surface area contributed by atoms with Crippen LogP contribution in [0.4, 0.5) is 0 Å². The predicted molar refractivity (Wildman–Crippen MR) is 128 cm³/mol. The van der Waals surface area contributed by atoms with Crippen LogP contribution in [-0.4, -0.2) is 24.4 Å². The molecule has 0 amide bonds. The van der Waals surface area contributed by atoms with Gasteiger partial charge in [0.15, 0.2) is 0 Å². The Bertz CT molecular complexity index is 1490. The van der Waals surface area contributed by atoms with E-state index in [-0.39, 0.29) is 11.3 Å². The fourth-order valence-electron chi connectivity index (χ4n) is 4.76. The van der Waals surface area contributed by atoms with E-state index in [9.17, 15) is 10.5 Å². The molecule has 1 saturated carbocycles. The van der Waals surface area contributed by atoms with E-state index in [1.54, 1.807) is 6.20 Å². The molecule has 166 valence electrons. The van der Waals surface area contributed by atoms with E-state index in [0.717, 1.165) is 65.6 Å². The average molecular weight is 446 g/mol. The highest BCUT2D eigenvalue weighted by Crippen LogP contribution is 2.46. The number of hydrogen-bond acceptors (Lipinski definition) is 5. The first-order valence-electron chi connectivity index (χ1n) is 11.6. The molecule has 0 radical (unpaired) electrons. The first-order valence-corrected chi connectivity index (χ1v) is 11.6. The molecular formula is C27H23N7. The van der Waals surface area contributed by atoms with Crippen LogP contribution in [0.3, 0.4) is 0 Å². The van der Waals surface area contributed by atoms with Crippen LogP contribution in [0, 0.1) is 34.0 Å². The molecule has 3 aromatic heterocycles. The van der Waals surface area contributed by atoms with Crippen molar-refractivity contribution in [1.82, 2.24) is 24.4 Å². The van der Waals surface area contributed by atoms with Crippen LogP contribution < -0.4 is 0 Å². The van der Waals surface area contributed by atoms with Gasteiger partial charge in [0.25, 0.3) is 0 Å². The molecule has 34 heavy (non-hydrogen) atoms. The minimum absolute atomic E-state index is 0.0967. The SMILES string of the molecule is N#CC1CC=C(c2nccn3ncc(-c4ccc(-c5cnn(CC6(C#N)CC6)c5)cc4)c23)CC1.